The summed E-state index contributed by atoms with van der Waals surface area (Å²) in [4.78, 5) is 11.4. The van der Waals surface area contributed by atoms with Crippen molar-refractivity contribution in [1.82, 2.24) is 0 Å². The second-order valence-corrected chi connectivity index (χ2v) is 13.5. The molecule has 0 spiro atoms. The second-order valence-electron chi connectivity index (χ2n) is 9.21. The van der Waals surface area contributed by atoms with Crippen LogP contribution in [0.15, 0.2) is 60.7 Å². The zero-order valence-corrected chi connectivity index (χ0v) is 20.5. The molecule has 1 saturated heterocycles. The Balaban J connectivity index is 1.91. The number of ether oxygens (including phenoxy) is 3. The first-order chi connectivity index (χ1) is 15.2. The first kappa shape index (κ1) is 24.6. The third kappa shape index (κ3) is 5.13. The predicted molar refractivity (Wildman–Crippen MR) is 125 cm³/mol. The van der Waals surface area contributed by atoms with Crippen LogP contribution in [0, 0.1) is 0 Å². The molecule has 32 heavy (non-hydrogen) atoms. The number of carbonyl (C=O) groups excluding carboxylic acids is 1. The van der Waals surface area contributed by atoms with Crippen LogP contribution < -0.4 is 10.4 Å². The van der Waals surface area contributed by atoms with Gasteiger partial charge in [0.2, 0.25) is 0 Å². The topological polar surface area (TPSA) is 74.2 Å². The van der Waals surface area contributed by atoms with Gasteiger partial charge in [0.05, 0.1) is 18.8 Å². The average Bonchev–Trinajstić information content (AvgIpc) is 2.76. The molecule has 2 aromatic carbocycles. The Labute approximate surface area is 191 Å². The van der Waals surface area contributed by atoms with Crippen molar-refractivity contribution in [2.24, 2.45) is 0 Å². The lowest BCUT2D eigenvalue weighted by molar-refractivity contribution is -0.267. The van der Waals surface area contributed by atoms with Crippen LogP contribution in [0.3, 0.4) is 0 Å². The van der Waals surface area contributed by atoms with Gasteiger partial charge in [-0.05, 0) is 15.4 Å². The lowest BCUT2D eigenvalue weighted by atomic mass is 10.0. The van der Waals surface area contributed by atoms with Crippen molar-refractivity contribution in [3.8, 4) is 0 Å². The van der Waals surface area contributed by atoms with Gasteiger partial charge >= 0.3 is 5.97 Å². The zero-order chi connectivity index (χ0) is 23.4. The molecule has 174 valence electrons. The molecule has 1 fully saturated rings. The fourth-order valence-corrected chi connectivity index (χ4v) is 9.10. The number of aliphatic hydroxyl groups is 1. The number of hydrogen-bond donors (Lipinski definition) is 1. The Morgan fingerprint density at radius 1 is 1.06 bits per heavy atom. The molecule has 0 saturated carbocycles. The van der Waals surface area contributed by atoms with Gasteiger partial charge in [-0.25, -0.2) is 0 Å². The van der Waals surface area contributed by atoms with Crippen molar-refractivity contribution in [3.05, 3.63) is 60.7 Å². The molecule has 3 rings (SSSR count). The smallest absolute Gasteiger partial charge is 0.303 e. The molecule has 1 N–H and O–H groups in total. The molecule has 0 aromatic heterocycles. The summed E-state index contributed by atoms with van der Waals surface area (Å²) in [6.45, 7) is 8.23. The minimum absolute atomic E-state index is 0.163. The molecular formula is C25H34O6Si. The molecule has 0 radical (unpaired) electrons. The van der Waals surface area contributed by atoms with E-state index < -0.39 is 38.9 Å². The second kappa shape index (κ2) is 10.3. The molecule has 2 aromatic rings. The summed E-state index contributed by atoms with van der Waals surface area (Å²) in [7, 11) is -1.25. The molecule has 1 aliphatic rings. The monoisotopic (exact) mass is 458 g/mol. The standard InChI is InChI=1S/C25H34O6Si/c1-18(26)30-23-22(27)16-19(31-24(23)28-5)17-29-32(25(2,3)4,20-12-8-6-9-13-20)21-14-10-7-11-15-21/h6-15,19,22-24,27H,16-17H2,1-5H3/t19-,22+,23+,24+/m0/s1. The van der Waals surface area contributed by atoms with E-state index in [0.29, 0.717) is 0 Å². The van der Waals surface area contributed by atoms with Gasteiger partial charge in [0, 0.05) is 20.5 Å². The fourth-order valence-electron chi connectivity index (χ4n) is 4.51. The van der Waals surface area contributed by atoms with E-state index in [1.165, 1.54) is 24.4 Å². The van der Waals surface area contributed by atoms with E-state index in [9.17, 15) is 9.90 Å². The van der Waals surface area contributed by atoms with Crippen LogP contribution in [-0.4, -0.2) is 57.7 Å². The van der Waals surface area contributed by atoms with E-state index in [1.54, 1.807) is 0 Å². The number of hydrogen-bond acceptors (Lipinski definition) is 6. The summed E-state index contributed by atoms with van der Waals surface area (Å²) in [5.74, 6) is -0.485. The summed E-state index contributed by atoms with van der Waals surface area (Å²) < 4.78 is 23.5. The summed E-state index contributed by atoms with van der Waals surface area (Å²) in [6, 6.07) is 20.7. The number of aliphatic hydroxyl groups excluding tert-OH is 1. The van der Waals surface area contributed by atoms with Crippen molar-refractivity contribution >= 4 is 24.7 Å². The lowest BCUT2D eigenvalue weighted by Crippen LogP contribution is -2.67. The van der Waals surface area contributed by atoms with E-state index in [0.717, 1.165) is 0 Å². The maximum atomic E-state index is 11.4. The van der Waals surface area contributed by atoms with E-state index in [4.69, 9.17) is 18.6 Å². The molecule has 1 aliphatic heterocycles. The SMILES string of the molecule is CO[C@@H]1O[C@H](CO[Si](c2ccccc2)(c2ccccc2)C(C)(C)C)C[C@@H](O)[C@H]1OC(C)=O. The normalized spacial score (nSPS) is 24.2. The van der Waals surface area contributed by atoms with Crippen LogP contribution in [0.2, 0.25) is 5.04 Å². The van der Waals surface area contributed by atoms with Gasteiger partial charge in [-0.15, -0.1) is 0 Å². The molecule has 0 bridgehead atoms. The highest BCUT2D eigenvalue weighted by Crippen LogP contribution is 2.37. The van der Waals surface area contributed by atoms with Crippen LogP contribution in [0.4, 0.5) is 0 Å². The average molecular weight is 459 g/mol. The third-order valence-corrected chi connectivity index (χ3v) is 10.9. The Bertz CT molecular complexity index is 828. The number of esters is 1. The lowest BCUT2D eigenvalue weighted by Gasteiger charge is -2.45. The molecule has 7 heteroatoms. The minimum Gasteiger partial charge on any atom is -0.454 e. The fraction of sp³-hybridized carbons (Fsp3) is 0.480. The van der Waals surface area contributed by atoms with Crippen LogP contribution >= 0.6 is 0 Å². The van der Waals surface area contributed by atoms with Crippen LogP contribution in [0.5, 0.6) is 0 Å². The van der Waals surface area contributed by atoms with Crippen molar-refractivity contribution in [3.63, 3.8) is 0 Å². The third-order valence-electron chi connectivity index (χ3n) is 5.92. The van der Waals surface area contributed by atoms with E-state index in [-0.39, 0.29) is 18.1 Å². The van der Waals surface area contributed by atoms with Gasteiger partial charge < -0.3 is 23.7 Å². The predicted octanol–water partition coefficient (Wildman–Crippen LogP) is 2.62. The highest BCUT2D eigenvalue weighted by molar-refractivity contribution is 6.99. The number of rotatable bonds is 7. The van der Waals surface area contributed by atoms with Crippen molar-refractivity contribution in [1.29, 1.82) is 0 Å². The quantitative estimate of drug-likeness (QED) is 0.508. The number of carbonyl (C=O) groups is 1. The van der Waals surface area contributed by atoms with Gasteiger partial charge in [0.25, 0.3) is 8.32 Å². The number of methoxy groups -OCH3 is 1. The summed E-state index contributed by atoms with van der Waals surface area (Å²) in [5, 5.41) is 12.8. The Hall–Kier alpha value is -2.03. The first-order valence-electron chi connectivity index (χ1n) is 11.0. The molecule has 1 heterocycles. The van der Waals surface area contributed by atoms with Crippen molar-refractivity contribution < 1.29 is 28.5 Å². The highest BCUT2D eigenvalue weighted by atomic mass is 28.4. The Morgan fingerprint density at radius 2 is 1.59 bits per heavy atom. The van der Waals surface area contributed by atoms with E-state index in [2.05, 4.69) is 45.0 Å². The van der Waals surface area contributed by atoms with E-state index >= 15 is 0 Å². The first-order valence-corrected chi connectivity index (χ1v) is 12.9. The Morgan fingerprint density at radius 3 is 2.03 bits per heavy atom. The summed E-state index contributed by atoms with van der Waals surface area (Å²) >= 11 is 0. The van der Waals surface area contributed by atoms with Gasteiger partial charge in [-0.1, -0.05) is 81.4 Å². The zero-order valence-electron chi connectivity index (χ0n) is 19.5. The summed E-state index contributed by atoms with van der Waals surface area (Å²) in [6.07, 6.45) is -2.72. The molecule has 0 amide bonds. The minimum atomic E-state index is -2.72. The maximum Gasteiger partial charge on any atom is 0.303 e. The van der Waals surface area contributed by atoms with Crippen LogP contribution in [-0.2, 0) is 23.4 Å². The molecule has 6 nitrogen and oxygen atoms in total. The van der Waals surface area contributed by atoms with Crippen LogP contribution in [0.25, 0.3) is 0 Å². The molecule has 0 unspecified atom stereocenters. The largest absolute Gasteiger partial charge is 0.454 e. The van der Waals surface area contributed by atoms with E-state index in [1.807, 2.05) is 36.4 Å². The molecule has 4 atom stereocenters. The molecule has 0 aliphatic carbocycles. The Kier molecular flexibility index (Phi) is 7.90. The summed E-state index contributed by atoms with van der Waals surface area (Å²) in [5.41, 5.74) is 0. The maximum absolute atomic E-state index is 11.4. The van der Waals surface area contributed by atoms with Crippen LogP contribution in [0.1, 0.15) is 34.1 Å². The number of benzene rings is 2. The van der Waals surface area contributed by atoms with Gasteiger partial charge in [0.1, 0.15) is 0 Å². The van der Waals surface area contributed by atoms with Crippen molar-refractivity contribution in [2.45, 2.75) is 63.8 Å². The highest BCUT2D eigenvalue weighted by Gasteiger charge is 2.51. The van der Waals surface area contributed by atoms with Crippen molar-refractivity contribution in [2.75, 3.05) is 13.7 Å². The molecular weight excluding hydrogens is 424 g/mol. The van der Waals surface area contributed by atoms with Gasteiger partial charge in [-0.2, -0.15) is 0 Å². The van der Waals surface area contributed by atoms with Gasteiger partial charge in [0.15, 0.2) is 12.4 Å². The van der Waals surface area contributed by atoms with Gasteiger partial charge in [-0.3, -0.25) is 4.79 Å².